The standard InChI is InChI=1S/C17H12N4/c18-11-14-12-19-17(20-15-9-5-2-6-10-15)21-16(14)13-7-3-1-4-8-13/h1-10,12H,(H,19,20,21). The molecule has 2 aromatic carbocycles. The van der Waals surface area contributed by atoms with E-state index in [2.05, 4.69) is 21.4 Å². The van der Waals surface area contributed by atoms with Crippen molar-refractivity contribution >= 4 is 11.6 Å². The highest BCUT2D eigenvalue weighted by Crippen LogP contribution is 2.22. The Balaban J connectivity index is 2.00. The number of rotatable bonds is 3. The predicted octanol–water partition coefficient (Wildman–Crippen LogP) is 3.76. The number of nitrogens with zero attached hydrogens (tertiary/aromatic N) is 3. The molecule has 1 N–H and O–H groups in total. The van der Waals surface area contributed by atoms with Crippen LogP contribution in [0.4, 0.5) is 11.6 Å². The molecule has 0 amide bonds. The third-order valence-electron chi connectivity index (χ3n) is 2.99. The molecule has 0 atom stereocenters. The minimum absolute atomic E-state index is 0.458. The van der Waals surface area contributed by atoms with Gasteiger partial charge >= 0.3 is 0 Å². The molecular weight excluding hydrogens is 260 g/mol. The first kappa shape index (κ1) is 12.8. The van der Waals surface area contributed by atoms with Crippen molar-refractivity contribution in [1.29, 1.82) is 5.26 Å². The van der Waals surface area contributed by atoms with Crippen LogP contribution in [0, 0.1) is 11.3 Å². The number of benzene rings is 2. The zero-order chi connectivity index (χ0) is 14.5. The van der Waals surface area contributed by atoms with Gasteiger partial charge in [0.25, 0.3) is 0 Å². The van der Waals surface area contributed by atoms with Crippen molar-refractivity contribution in [3.8, 4) is 17.3 Å². The van der Waals surface area contributed by atoms with Gasteiger partial charge in [-0.15, -0.1) is 0 Å². The smallest absolute Gasteiger partial charge is 0.227 e. The van der Waals surface area contributed by atoms with E-state index in [1.807, 2.05) is 60.7 Å². The molecule has 0 saturated carbocycles. The van der Waals surface area contributed by atoms with Gasteiger partial charge in [0.05, 0.1) is 17.5 Å². The fourth-order valence-electron chi connectivity index (χ4n) is 1.99. The molecular formula is C17H12N4. The molecule has 3 rings (SSSR count). The molecule has 0 unspecified atom stereocenters. The van der Waals surface area contributed by atoms with Gasteiger partial charge in [0.1, 0.15) is 6.07 Å². The fraction of sp³-hybridized carbons (Fsp3) is 0. The second kappa shape index (κ2) is 5.85. The van der Waals surface area contributed by atoms with Gasteiger partial charge in [-0.2, -0.15) is 5.26 Å². The van der Waals surface area contributed by atoms with Crippen LogP contribution in [0.25, 0.3) is 11.3 Å². The van der Waals surface area contributed by atoms with E-state index in [0.29, 0.717) is 17.2 Å². The Morgan fingerprint density at radius 1 is 0.905 bits per heavy atom. The van der Waals surface area contributed by atoms with Crippen LogP contribution < -0.4 is 5.32 Å². The molecule has 0 aliphatic rings. The molecule has 0 fully saturated rings. The SMILES string of the molecule is N#Cc1cnc(Nc2ccccc2)nc1-c1ccccc1. The minimum atomic E-state index is 0.458. The average molecular weight is 272 g/mol. The third kappa shape index (κ3) is 2.88. The summed E-state index contributed by atoms with van der Waals surface area (Å²) in [5.41, 5.74) is 2.89. The minimum Gasteiger partial charge on any atom is -0.324 e. The van der Waals surface area contributed by atoms with E-state index in [-0.39, 0.29) is 0 Å². The lowest BCUT2D eigenvalue weighted by Gasteiger charge is -2.08. The quantitative estimate of drug-likeness (QED) is 0.788. The topological polar surface area (TPSA) is 61.6 Å². The fourth-order valence-corrected chi connectivity index (χ4v) is 1.99. The predicted molar refractivity (Wildman–Crippen MR) is 81.9 cm³/mol. The zero-order valence-electron chi connectivity index (χ0n) is 11.2. The van der Waals surface area contributed by atoms with Crippen molar-refractivity contribution in [3.63, 3.8) is 0 Å². The van der Waals surface area contributed by atoms with E-state index >= 15 is 0 Å². The number of hydrogen-bond donors (Lipinski definition) is 1. The van der Waals surface area contributed by atoms with Gasteiger partial charge in [-0.25, -0.2) is 9.97 Å². The molecule has 1 aromatic heterocycles. The van der Waals surface area contributed by atoms with Crippen molar-refractivity contribution in [2.75, 3.05) is 5.32 Å². The monoisotopic (exact) mass is 272 g/mol. The molecule has 3 aromatic rings. The lowest BCUT2D eigenvalue weighted by molar-refractivity contribution is 1.16. The Hall–Kier alpha value is -3.19. The highest BCUT2D eigenvalue weighted by molar-refractivity contribution is 5.68. The van der Waals surface area contributed by atoms with Gasteiger partial charge in [0.2, 0.25) is 5.95 Å². The van der Waals surface area contributed by atoms with Gasteiger partial charge in [-0.05, 0) is 12.1 Å². The second-order valence-electron chi connectivity index (χ2n) is 4.42. The summed E-state index contributed by atoms with van der Waals surface area (Å²) in [5, 5.41) is 12.3. The maximum absolute atomic E-state index is 9.21. The van der Waals surface area contributed by atoms with Gasteiger partial charge in [-0.1, -0.05) is 48.5 Å². The van der Waals surface area contributed by atoms with Crippen molar-refractivity contribution in [3.05, 3.63) is 72.4 Å². The number of para-hydroxylation sites is 1. The van der Waals surface area contributed by atoms with Crippen molar-refractivity contribution in [2.24, 2.45) is 0 Å². The zero-order valence-corrected chi connectivity index (χ0v) is 11.2. The van der Waals surface area contributed by atoms with Crippen LogP contribution in [0.2, 0.25) is 0 Å². The molecule has 0 spiro atoms. The summed E-state index contributed by atoms with van der Waals surface area (Å²) in [6.07, 6.45) is 1.54. The summed E-state index contributed by atoms with van der Waals surface area (Å²) in [4.78, 5) is 8.65. The average Bonchev–Trinajstić information content (AvgIpc) is 2.56. The molecule has 100 valence electrons. The molecule has 4 heteroatoms. The van der Waals surface area contributed by atoms with E-state index in [4.69, 9.17) is 0 Å². The van der Waals surface area contributed by atoms with Gasteiger partial charge in [-0.3, -0.25) is 0 Å². The summed E-state index contributed by atoms with van der Waals surface area (Å²) < 4.78 is 0. The van der Waals surface area contributed by atoms with Crippen molar-refractivity contribution < 1.29 is 0 Å². The summed E-state index contributed by atoms with van der Waals surface area (Å²) in [6.45, 7) is 0. The summed E-state index contributed by atoms with van der Waals surface area (Å²) in [6, 6.07) is 21.4. The molecule has 0 radical (unpaired) electrons. The largest absolute Gasteiger partial charge is 0.324 e. The lowest BCUT2D eigenvalue weighted by atomic mass is 10.1. The molecule has 0 bridgehead atoms. The number of hydrogen-bond acceptors (Lipinski definition) is 4. The lowest BCUT2D eigenvalue weighted by Crippen LogP contribution is -2.00. The Labute approximate surface area is 122 Å². The van der Waals surface area contributed by atoms with E-state index in [0.717, 1.165) is 11.3 Å². The van der Waals surface area contributed by atoms with Crippen LogP contribution in [0.15, 0.2) is 66.9 Å². The van der Waals surface area contributed by atoms with Crippen LogP contribution in [0.1, 0.15) is 5.56 Å². The first-order valence-corrected chi connectivity index (χ1v) is 6.51. The normalized spacial score (nSPS) is 9.86. The summed E-state index contributed by atoms with van der Waals surface area (Å²) >= 11 is 0. The van der Waals surface area contributed by atoms with Gasteiger partial charge in [0.15, 0.2) is 0 Å². The van der Waals surface area contributed by atoms with E-state index in [1.165, 1.54) is 0 Å². The number of aromatic nitrogens is 2. The van der Waals surface area contributed by atoms with Crippen molar-refractivity contribution in [2.45, 2.75) is 0 Å². The van der Waals surface area contributed by atoms with E-state index < -0.39 is 0 Å². The first-order valence-electron chi connectivity index (χ1n) is 6.51. The highest BCUT2D eigenvalue weighted by Gasteiger charge is 2.09. The van der Waals surface area contributed by atoms with Crippen LogP contribution in [0.5, 0.6) is 0 Å². The van der Waals surface area contributed by atoms with Gasteiger partial charge < -0.3 is 5.32 Å². The molecule has 4 nitrogen and oxygen atoms in total. The Morgan fingerprint density at radius 3 is 2.24 bits per heavy atom. The number of nitrogens with one attached hydrogen (secondary N) is 1. The summed E-state index contributed by atoms with van der Waals surface area (Å²) in [7, 11) is 0. The van der Waals surface area contributed by atoms with Crippen LogP contribution in [-0.2, 0) is 0 Å². The third-order valence-corrected chi connectivity index (χ3v) is 2.99. The molecule has 0 aliphatic heterocycles. The Morgan fingerprint density at radius 2 is 1.57 bits per heavy atom. The maximum atomic E-state index is 9.21. The van der Waals surface area contributed by atoms with Crippen LogP contribution >= 0.6 is 0 Å². The van der Waals surface area contributed by atoms with E-state index in [9.17, 15) is 5.26 Å². The number of anilines is 2. The summed E-state index contributed by atoms with van der Waals surface area (Å²) in [5.74, 6) is 0.471. The Bertz CT molecular complexity index is 777. The van der Waals surface area contributed by atoms with Gasteiger partial charge in [0, 0.05) is 11.3 Å². The molecule has 1 heterocycles. The van der Waals surface area contributed by atoms with Crippen LogP contribution in [-0.4, -0.2) is 9.97 Å². The highest BCUT2D eigenvalue weighted by atomic mass is 15.1. The second-order valence-corrected chi connectivity index (χ2v) is 4.42. The van der Waals surface area contributed by atoms with Crippen LogP contribution in [0.3, 0.4) is 0 Å². The first-order chi connectivity index (χ1) is 10.4. The van der Waals surface area contributed by atoms with E-state index in [1.54, 1.807) is 6.20 Å². The van der Waals surface area contributed by atoms with Crippen molar-refractivity contribution in [1.82, 2.24) is 9.97 Å². The Kier molecular flexibility index (Phi) is 3.57. The molecule has 0 aliphatic carbocycles. The maximum Gasteiger partial charge on any atom is 0.227 e. The molecule has 0 saturated heterocycles. The molecule has 21 heavy (non-hydrogen) atoms. The number of nitriles is 1.